The van der Waals surface area contributed by atoms with Crippen molar-refractivity contribution in [3.8, 4) is 0 Å². The molecule has 2 aromatic carbocycles. The third-order valence-corrected chi connectivity index (χ3v) is 6.41. The van der Waals surface area contributed by atoms with Crippen molar-refractivity contribution in [3.05, 3.63) is 83.9 Å². The molecule has 0 N–H and O–H groups in total. The van der Waals surface area contributed by atoms with Gasteiger partial charge >= 0.3 is 0 Å². The van der Waals surface area contributed by atoms with E-state index in [1.807, 2.05) is 43.3 Å². The van der Waals surface area contributed by atoms with E-state index in [0.29, 0.717) is 26.1 Å². The molecule has 2 aromatic rings. The molecule has 0 aromatic heterocycles. The van der Waals surface area contributed by atoms with E-state index >= 15 is 0 Å². The van der Waals surface area contributed by atoms with Crippen LogP contribution in [0.15, 0.2) is 72.8 Å². The summed E-state index contributed by atoms with van der Waals surface area (Å²) in [7, 11) is 0. The molecule has 31 heavy (non-hydrogen) atoms. The molecule has 2 amide bonds. The van der Waals surface area contributed by atoms with E-state index in [0.717, 1.165) is 29.7 Å². The number of hydrogen-bond acceptors (Lipinski definition) is 4. The van der Waals surface area contributed by atoms with E-state index in [1.165, 1.54) is 4.90 Å². The van der Waals surface area contributed by atoms with Crippen LogP contribution < -0.4 is 0 Å². The number of ether oxygens (including phenoxy) is 1. The average Bonchev–Trinajstić information content (AvgIpc) is 3.35. The number of rotatable bonds is 8. The van der Waals surface area contributed by atoms with Crippen molar-refractivity contribution in [1.29, 1.82) is 0 Å². The van der Waals surface area contributed by atoms with Gasteiger partial charge in [-0.1, -0.05) is 79.7 Å². The summed E-state index contributed by atoms with van der Waals surface area (Å²) in [6.07, 6.45) is 1.72. The van der Waals surface area contributed by atoms with Gasteiger partial charge in [-0.15, -0.1) is 0 Å². The minimum absolute atomic E-state index is 0.0651. The van der Waals surface area contributed by atoms with Gasteiger partial charge in [0, 0.05) is 37.2 Å². The van der Waals surface area contributed by atoms with Crippen LogP contribution in [0.2, 0.25) is 0 Å². The lowest BCUT2D eigenvalue weighted by Crippen LogP contribution is -2.47. The van der Waals surface area contributed by atoms with Gasteiger partial charge in [-0.25, -0.2) is 0 Å². The molecule has 5 nitrogen and oxygen atoms in total. The highest BCUT2D eigenvalue weighted by atomic mass is 16.5. The Bertz CT molecular complexity index is 902. The van der Waals surface area contributed by atoms with Gasteiger partial charge in [0.25, 0.3) is 0 Å². The maximum Gasteiger partial charge on any atom is 0.233 e. The van der Waals surface area contributed by atoms with Crippen molar-refractivity contribution >= 4 is 11.8 Å². The summed E-state index contributed by atoms with van der Waals surface area (Å²) in [5.41, 5.74) is 2.41. The summed E-state index contributed by atoms with van der Waals surface area (Å²) in [5, 5.41) is 0. The summed E-state index contributed by atoms with van der Waals surface area (Å²) in [6, 6.07) is 20.3. The standard InChI is InChI=1S/C26H30N2O3/c1-3-20(2)18-21-19-24(29)28(25(21)30)15-14-27-16-17-31-26(27,22-10-6-4-7-11-22)23-12-8-5-9-13-23/h4-13,21H,2-3,14-19H2,1H3. The van der Waals surface area contributed by atoms with E-state index in [9.17, 15) is 9.59 Å². The minimum Gasteiger partial charge on any atom is -0.350 e. The van der Waals surface area contributed by atoms with Gasteiger partial charge in [0.2, 0.25) is 11.8 Å². The Morgan fingerprint density at radius 1 is 1.03 bits per heavy atom. The van der Waals surface area contributed by atoms with E-state index in [1.54, 1.807) is 0 Å². The normalized spacial score (nSPS) is 21.1. The Balaban J connectivity index is 1.56. The van der Waals surface area contributed by atoms with Gasteiger partial charge < -0.3 is 4.74 Å². The van der Waals surface area contributed by atoms with Crippen molar-refractivity contribution in [2.24, 2.45) is 5.92 Å². The Labute approximate surface area is 184 Å². The first-order valence-corrected chi connectivity index (χ1v) is 11.1. The van der Waals surface area contributed by atoms with Crippen molar-refractivity contribution < 1.29 is 14.3 Å². The lowest BCUT2D eigenvalue weighted by atomic mass is 9.93. The molecule has 0 spiro atoms. The predicted molar refractivity (Wildman–Crippen MR) is 120 cm³/mol. The summed E-state index contributed by atoms with van der Waals surface area (Å²) in [6.45, 7) is 8.29. The number of amides is 2. The molecule has 162 valence electrons. The number of likely N-dealkylation sites (tertiary alicyclic amines) is 1. The maximum absolute atomic E-state index is 12.9. The zero-order valence-electron chi connectivity index (χ0n) is 18.1. The fourth-order valence-corrected chi connectivity index (χ4v) is 4.71. The van der Waals surface area contributed by atoms with E-state index in [4.69, 9.17) is 4.74 Å². The van der Waals surface area contributed by atoms with Gasteiger partial charge in [-0.2, -0.15) is 0 Å². The average molecular weight is 419 g/mol. The van der Waals surface area contributed by atoms with Crippen LogP contribution in [0.5, 0.6) is 0 Å². The summed E-state index contributed by atoms with van der Waals surface area (Å²) in [4.78, 5) is 29.2. The van der Waals surface area contributed by atoms with Crippen LogP contribution in [0.1, 0.15) is 37.3 Å². The summed E-state index contributed by atoms with van der Waals surface area (Å²) < 4.78 is 6.41. The monoisotopic (exact) mass is 418 g/mol. The van der Waals surface area contributed by atoms with Crippen LogP contribution in [-0.2, 0) is 20.1 Å². The SMILES string of the molecule is C=C(CC)CC1CC(=O)N(CCN2CCOC2(c2ccccc2)c2ccccc2)C1=O. The molecule has 4 rings (SSSR count). The van der Waals surface area contributed by atoms with Gasteiger partial charge in [0.1, 0.15) is 0 Å². The first-order chi connectivity index (χ1) is 15.1. The molecule has 2 aliphatic heterocycles. The second-order valence-corrected chi connectivity index (χ2v) is 8.30. The molecule has 0 bridgehead atoms. The van der Waals surface area contributed by atoms with Crippen LogP contribution in [0.25, 0.3) is 0 Å². The number of hydrogen-bond donors (Lipinski definition) is 0. The molecular weight excluding hydrogens is 388 g/mol. The highest BCUT2D eigenvalue weighted by Crippen LogP contribution is 2.40. The number of benzene rings is 2. The second-order valence-electron chi connectivity index (χ2n) is 8.30. The zero-order valence-corrected chi connectivity index (χ0v) is 18.1. The van der Waals surface area contributed by atoms with Crippen LogP contribution in [0.4, 0.5) is 0 Å². The molecule has 2 saturated heterocycles. The third kappa shape index (κ3) is 4.08. The molecule has 0 radical (unpaired) electrons. The van der Waals surface area contributed by atoms with Crippen LogP contribution in [0, 0.1) is 5.92 Å². The minimum atomic E-state index is -0.718. The van der Waals surface area contributed by atoms with E-state index in [-0.39, 0.29) is 24.2 Å². The van der Waals surface area contributed by atoms with Gasteiger partial charge in [-0.05, 0) is 12.8 Å². The van der Waals surface area contributed by atoms with Crippen LogP contribution >= 0.6 is 0 Å². The molecule has 5 heteroatoms. The predicted octanol–water partition coefficient (Wildman–Crippen LogP) is 3.95. The van der Waals surface area contributed by atoms with Crippen molar-refractivity contribution in [3.63, 3.8) is 0 Å². The first kappa shape index (κ1) is 21.5. The van der Waals surface area contributed by atoms with Crippen molar-refractivity contribution in [2.45, 2.75) is 31.9 Å². The molecule has 1 atom stereocenters. The number of imide groups is 1. The number of carbonyl (C=O) groups is 2. The second kappa shape index (κ2) is 9.16. The number of allylic oxidation sites excluding steroid dienone is 1. The fraction of sp³-hybridized carbons (Fsp3) is 0.385. The topological polar surface area (TPSA) is 49.9 Å². The van der Waals surface area contributed by atoms with E-state index in [2.05, 4.69) is 35.7 Å². The van der Waals surface area contributed by atoms with Gasteiger partial charge in [0.05, 0.1) is 12.5 Å². The highest BCUT2D eigenvalue weighted by Gasteiger charge is 2.46. The largest absolute Gasteiger partial charge is 0.350 e. The number of carbonyl (C=O) groups excluding carboxylic acids is 2. The Kier molecular flexibility index (Phi) is 6.35. The molecule has 0 saturated carbocycles. The first-order valence-electron chi connectivity index (χ1n) is 11.1. The van der Waals surface area contributed by atoms with Crippen LogP contribution in [0.3, 0.4) is 0 Å². The number of nitrogens with zero attached hydrogens (tertiary/aromatic N) is 2. The fourth-order valence-electron chi connectivity index (χ4n) is 4.71. The lowest BCUT2D eigenvalue weighted by Gasteiger charge is -2.38. The molecule has 2 aliphatic rings. The summed E-state index contributed by atoms with van der Waals surface area (Å²) in [5.74, 6) is -0.406. The molecule has 2 fully saturated rings. The molecule has 2 heterocycles. The maximum atomic E-state index is 12.9. The Morgan fingerprint density at radius 3 is 2.23 bits per heavy atom. The Morgan fingerprint density at radius 2 is 1.65 bits per heavy atom. The van der Waals surface area contributed by atoms with Crippen molar-refractivity contribution in [1.82, 2.24) is 9.80 Å². The quantitative estimate of drug-likeness (QED) is 0.481. The van der Waals surface area contributed by atoms with Gasteiger partial charge in [0.15, 0.2) is 5.72 Å². The summed E-state index contributed by atoms with van der Waals surface area (Å²) >= 11 is 0. The van der Waals surface area contributed by atoms with Crippen LogP contribution in [-0.4, -0.2) is 47.9 Å². The lowest BCUT2D eigenvalue weighted by molar-refractivity contribution is -0.140. The van der Waals surface area contributed by atoms with E-state index < -0.39 is 5.72 Å². The Hall–Kier alpha value is -2.76. The third-order valence-electron chi connectivity index (χ3n) is 6.41. The molecule has 1 unspecified atom stereocenters. The van der Waals surface area contributed by atoms with Gasteiger partial charge in [-0.3, -0.25) is 19.4 Å². The highest BCUT2D eigenvalue weighted by molar-refractivity contribution is 6.03. The smallest absolute Gasteiger partial charge is 0.233 e. The molecular formula is C26H30N2O3. The van der Waals surface area contributed by atoms with Crippen molar-refractivity contribution in [2.75, 3.05) is 26.2 Å². The zero-order chi connectivity index (χ0) is 21.8. The molecule has 0 aliphatic carbocycles.